The van der Waals surface area contributed by atoms with E-state index in [0.717, 1.165) is 5.56 Å². The van der Waals surface area contributed by atoms with E-state index in [1.807, 2.05) is 13.8 Å². The van der Waals surface area contributed by atoms with Crippen molar-refractivity contribution in [2.75, 3.05) is 13.2 Å². The number of carbonyl (C=O) groups excluding carboxylic acids is 2. The molecular formula is C17H23NO6. The number of esters is 2. The van der Waals surface area contributed by atoms with Gasteiger partial charge in [-0.05, 0) is 17.9 Å². The number of hydrogen-bond acceptors (Lipinski definition) is 6. The molecule has 0 saturated heterocycles. The van der Waals surface area contributed by atoms with E-state index in [1.165, 1.54) is 12.1 Å². The molecule has 0 fully saturated rings. The number of hydrogen-bond donors (Lipinski definition) is 0. The lowest BCUT2D eigenvalue weighted by Crippen LogP contribution is -2.11. The molecule has 0 N–H and O–H groups in total. The summed E-state index contributed by atoms with van der Waals surface area (Å²) in [5, 5.41) is 10.7. The number of carbonyl (C=O) groups is 2. The zero-order chi connectivity index (χ0) is 17.9. The highest BCUT2D eigenvalue weighted by molar-refractivity contribution is 5.72. The standard InChI is InChI=1S/C17H23NO6/c1-13(2)12-24-17(20)8-4-7-16(19)23-10-9-14-5-3-6-15(11-14)18(21)22/h3,5-6,11,13H,4,7-10,12H2,1-2H3. The van der Waals surface area contributed by atoms with Crippen LogP contribution in [0.3, 0.4) is 0 Å². The minimum atomic E-state index is -0.464. The summed E-state index contributed by atoms with van der Waals surface area (Å²) >= 11 is 0. The smallest absolute Gasteiger partial charge is 0.305 e. The van der Waals surface area contributed by atoms with Gasteiger partial charge in [0.2, 0.25) is 0 Å². The molecule has 0 aliphatic rings. The lowest BCUT2D eigenvalue weighted by Gasteiger charge is -2.07. The molecule has 1 rings (SSSR count). The third-order valence-electron chi connectivity index (χ3n) is 3.11. The Balaban J connectivity index is 2.19. The van der Waals surface area contributed by atoms with Crippen molar-refractivity contribution in [1.29, 1.82) is 0 Å². The van der Waals surface area contributed by atoms with E-state index in [0.29, 0.717) is 19.4 Å². The molecule has 0 amide bonds. The number of rotatable bonds is 10. The quantitative estimate of drug-likeness (QED) is 0.370. The van der Waals surface area contributed by atoms with Crippen LogP contribution in [0.15, 0.2) is 24.3 Å². The first-order valence-corrected chi connectivity index (χ1v) is 7.93. The van der Waals surface area contributed by atoms with E-state index in [2.05, 4.69) is 0 Å². The maximum Gasteiger partial charge on any atom is 0.305 e. The molecule has 0 unspecified atom stereocenters. The summed E-state index contributed by atoms with van der Waals surface area (Å²) < 4.78 is 10.1. The first kappa shape index (κ1) is 19.6. The van der Waals surface area contributed by atoms with Crippen molar-refractivity contribution in [1.82, 2.24) is 0 Å². The van der Waals surface area contributed by atoms with Gasteiger partial charge in [-0.3, -0.25) is 19.7 Å². The molecule has 0 aliphatic carbocycles. The van der Waals surface area contributed by atoms with Crippen LogP contribution in [0, 0.1) is 16.0 Å². The molecule has 0 spiro atoms. The largest absolute Gasteiger partial charge is 0.465 e. The van der Waals surface area contributed by atoms with E-state index < -0.39 is 10.9 Å². The lowest BCUT2D eigenvalue weighted by molar-refractivity contribution is -0.384. The van der Waals surface area contributed by atoms with Crippen molar-refractivity contribution in [2.45, 2.75) is 39.5 Å². The SMILES string of the molecule is CC(C)COC(=O)CCCC(=O)OCCc1cccc([N+](=O)[O-])c1. The van der Waals surface area contributed by atoms with Crippen molar-refractivity contribution in [3.63, 3.8) is 0 Å². The number of benzene rings is 1. The average Bonchev–Trinajstić information content (AvgIpc) is 2.53. The fraction of sp³-hybridized carbons (Fsp3) is 0.529. The first-order chi connectivity index (χ1) is 11.4. The van der Waals surface area contributed by atoms with Gasteiger partial charge >= 0.3 is 11.9 Å². The molecule has 0 atom stereocenters. The van der Waals surface area contributed by atoms with Crippen molar-refractivity contribution < 1.29 is 24.0 Å². The second-order valence-corrected chi connectivity index (χ2v) is 5.83. The Bertz CT molecular complexity index is 570. The maximum atomic E-state index is 11.6. The zero-order valence-corrected chi connectivity index (χ0v) is 14.0. The van der Waals surface area contributed by atoms with E-state index in [9.17, 15) is 19.7 Å². The van der Waals surface area contributed by atoms with Gasteiger partial charge in [-0.25, -0.2) is 0 Å². The fourth-order valence-corrected chi connectivity index (χ4v) is 1.89. The Kier molecular flexibility index (Phi) is 8.46. The summed E-state index contributed by atoms with van der Waals surface area (Å²) in [6, 6.07) is 6.20. The molecule has 7 heteroatoms. The molecular weight excluding hydrogens is 314 g/mol. The van der Waals surface area contributed by atoms with Crippen molar-refractivity contribution in [3.05, 3.63) is 39.9 Å². The van der Waals surface area contributed by atoms with Gasteiger partial charge in [0.1, 0.15) is 0 Å². The molecule has 7 nitrogen and oxygen atoms in total. The summed E-state index contributed by atoms with van der Waals surface area (Å²) in [4.78, 5) is 33.2. The Labute approximate surface area is 141 Å². The molecule has 0 bridgehead atoms. The van der Waals surface area contributed by atoms with Gasteiger partial charge in [-0.1, -0.05) is 26.0 Å². The number of nitro benzene ring substituents is 1. The highest BCUT2D eigenvalue weighted by atomic mass is 16.6. The molecule has 1 aromatic rings. The van der Waals surface area contributed by atoms with Gasteiger partial charge < -0.3 is 9.47 Å². The number of ether oxygens (including phenoxy) is 2. The van der Waals surface area contributed by atoms with Crippen molar-refractivity contribution >= 4 is 17.6 Å². The van der Waals surface area contributed by atoms with Crippen LogP contribution < -0.4 is 0 Å². The monoisotopic (exact) mass is 337 g/mol. The molecule has 0 aliphatic heterocycles. The summed E-state index contributed by atoms with van der Waals surface area (Å²) in [5.74, 6) is -0.419. The Morgan fingerprint density at radius 1 is 1.17 bits per heavy atom. The number of non-ortho nitro benzene ring substituents is 1. The van der Waals surface area contributed by atoms with Gasteiger partial charge in [0, 0.05) is 31.4 Å². The van der Waals surface area contributed by atoms with E-state index in [4.69, 9.17) is 9.47 Å². The highest BCUT2D eigenvalue weighted by Crippen LogP contribution is 2.13. The minimum Gasteiger partial charge on any atom is -0.465 e. The molecule has 0 saturated carbocycles. The van der Waals surface area contributed by atoms with Gasteiger partial charge in [0.15, 0.2) is 0 Å². The van der Waals surface area contributed by atoms with Crippen LogP contribution in [0.2, 0.25) is 0 Å². The molecule has 0 heterocycles. The van der Waals surface area contributed by atoms with Crippen molar-refractivity contribution in [3.8, 4) is 0 Å². The predicted octanol–water partition coefficient (Wildman–Crippen LogP) is 3.05. The van der Waals surface area contributed by atoms with Crippen LogP contribution in [0.5, 0.6) is 0 Å². The van der Waals surface area contributed by atoms with Crippen LogP contribution in [0.1, 0.15) is 38.7 Å². The van der Waals surface area contributed by atoms with E-state index >= 15 is 0 Å². The maximum absolute atomic E-state index is 11.6. The third-order valence-corrected chi connectivity index (χ3v) is 3.11. The van der Waals surface area contributed by atoms with Crippen LogP contribution in [0.4, 0.5) is 5.69 Å². The highest BCUT2D eigenvalue weighted by Gasteiger charge is 2.09. The van der Waals surface area contributed by atoms with Crippen LogP contribution >= 0.6 is 0 Å². The van der Waals surface area contributed by atoms with Crippen LogP contribution in [-0.4, -0.2) is 30.1 Å². The van der Waals surface area contributed by atoms with Gasteiger partial charge in [0.25, 0.3) is 5.69 Å². The predicted molar refractivity (Wildman–Crippen MR) is 87.4 cm³/mol. The summed E-state index contributed by atoms with van der Waals surface area (Å²) in [6.07, 6.45) is 1.12. The van der Waals surface area contributed by atoms with Crippen molar-refractivity contribution in [2.24, 2.45) is 5.92 Å². The Morgan fingerprint density at radius 3 is 2.46 bits per heavy atom. The third kappa shape index (κ3) is 8.26. The normalized spacial score (nSPS) is 10.5. The molecule has 0 radical (unpaired) electrons. The number of nitrogens with zero attached hydrogens (tertiary/aromatic N) is 1. The number of nitro groups is 1. The van der Waals surface area contributed by atoms with Gasteiger partial charge in [-0.15, -0.1) is 0 Å². The molecule has 132 valence electrons. The first-order valence-electron chi connectivity index (χ1n) is 7.93. The Hall–Kier alpha value is -2.44. The topological polar surface area (TPSA) is 95.7 Å². The fourth-order valence-electron chi connectivity index (χ4n) is 1.89. The van der Waals surface area contributed by atoms with Gasteiger partial charge in [0.05, 0.1) is 18.1 Å². The van der Waals surface area contributed by atoms with E-state index in [-0.39, 0.29) is 37.0 Å². The summed E-state index contributed by atoms with van der Waals surface area (Å²) in [6.45, 7) is 4.43. The van der Waals surface area contributed by atoms with Crippen LogP contribution in [-0.2, 0) is 25.5 Å². The Morgan fingerprint density at radius 2 is 1.83 bits per heavy atom. The summed E-state index contributed by atoms with van der Waals surface area (Å²) in [5.41, 5.74) is 0.744. The lowest BCUT2D eigenvalue weighted by atomic mass is 10.1. The second-order valence-electron chi connectivity index (χ2n) is 5.83. The minimum absolute atomic E-state index is 0.0127. The summed E-state index contributed by atoms with van der Waals surface area (Å²) in [7, 11) is 0. The van der Waals surface area contributed by atoms with Gasteiger partial charge in [-0.2, -0.15) is 0 Å². The van der Waals surface area contributed by atoms with E-state index in [1.54, 1.807) is 12.1 Å². The molecule has 1 aromatic carbocycles. The molecule has 0 aromatic heterocycles. The zero-order valence-electron chi connectivity index (χ0n) is 14.0. The molecule has 24 heavy (non-hydrogen) atoms. The second kappa shape index (κ2) is 10.4. The average molecular weight is 337 g/mol. The van der Waals surface area contributed by atoms with Crippen LogP contribution in [0.25, 0.3) is 0 Å².